The van der Waals surface area contributed by atoms with Gasteiger partial charge in [0.25, 0.3) is 0 Å². The number of carbonyl (C=O) groups excluding carboxylic acids is 1. The number of hydrogen-bond donors (Lipinski definition) is 0. The van der Waals surface area contributed by atoms with Crippen molar-refractivity contribution in [3.63, 3.8) is 0 Å². The zero-order chi connectivity index (χ0) is 13.2. The van der Waals surface area contributed by atoms with Gasteiger partial charge in [-0.05, 0) is 37.1 Å². The lowest BCUT2D eigenvalue weighted by Gasteiger charge is -2.07. The van der Waals surface area contributed by atoms with Crippen LogP contribution in [0.2, 0.25) is 0 Å². The van der Waals surface area contributed by atoms with Gasteiger partial charge in [0.05, 0.1) is 6.10 Å². The van der Waals surface area contributed by atoms with Gasteiger partial charge in [-0.15, -0.1) is 0 Å². The predicted molar refractivity (Wildman–Crippen MR) is 77.7 cm³/mol. The molecule has 0 spiro atoms. The molecule has 0 aliphatic heterocycles. The second-order valence-electron chi connectivity index (χ2n) is 4.65. The topological polar surface area (TPSA) is 26.3 Å². The van der Waals surface area contributed by atoms with Crippen LogP contribution in [0.15, 0.2) is 53.0 Å². The third kappa shape index (κ3) is 2.87. The smallest absolute Gasteiger partial charge is 0.194 e. The maximum atomic E-state index is 12.4. The molecule has 0 saturated heterocycles. The van der Waals surface area contributed by atoms with Gasteiger partial charge < -0.3 is 4.74 Å². The van der Waals surface area contributed by atoms with E-state index in [9.17, 15) is 4.79 Å². The largest absolute Gasteiger partial charge is 0.490 e. The van der Waals surface area contributed by atoms with Gasteiger partial charge in [0.1, 0.15) is 5.75 Å². The number of ketones is 1. The molecule has 0 radical (unpaired) electrons. The summed E-state index contributed by atoms with van der Waals surface area (Å²) in [5.74, 6) is 0.786. The summed E-state index contributed by atoms with van der Waals surface area (Å²) in [4.78, 5) is 12.4. The zero-order valence-electron chi connectivity index (χ0n) is 10.3. The van der Waals surface area contributed by atoms with Gasteiger partial charge in [0.15, 0.2) is 5.78 Å². The van der Waals surface area contributed by atoms with Gasteiger partial charge in [-0.1, -0.05) is 40.2 Å². The van der Waals surface area contributed by atoms with E-state index < -0.39 is 0 Å². The van der Waals surface area contributed by atoms with E-state index in [1.54, 1.807) is 0 Å². The average molecular weight is 317 g/mol. The van der Waals surface area contributed by atoms with Crippen LogP contribution in [-0.2, 0) is 0 Å². The van der Waals surface area contributed by atoms with E-state index >= 15 is 0 Å². The van der Waals surface area contributed by atoms with Crippen molar-refractivity contribution in [3.05, 3.63) is 64.1 Å². The molecule has 19 heavy (non-hydrogen) atoms. The van der Waals surface area contributed by atoms with Crippen molar-refractivity contribution in [2.75, 3.05) is 0 Å². The molecule has 96 valence electrons. The molecule has 1 fully saturated rings. The van der Waals surface area contributed by atoms with Crippen LogP contribution >= 0.6 is 15.9 Å². The van der Waals surface area contributed by atoms with Crippen LogP contribution in [0, 0.1) is 0 Å². The van der Waals surface area contributed by atoms with E-state index in [4.69, 9.17) is 4.74 Å². The Morgan fingerprint density at radius 1 is 1.11 bits per heavy atom. The highest BCUT2D eigenvalue weighted by atomic mass is 79.9. The average Bonchev–Trinajstić information content (AvgIpc) is 3.23. The minimum absolute atomic E-state index is 0.00808. The summed E-state index contributed by atoms with van der Waals surface area (Å²) in [6, 6.07) is 14.9. The van der Waals surface area contributed by atoms with E-state index in [1.807, 2.05) is 48.5 Å². The van der Waals surface area contributed by atoms with Crippen LogP contribution < -0.4 is 4.74 Å². The highest BCUT2D eigenvalue weighted by molar-refractivity contribution is 9.10. The van der Waals surface area contributed by atoms with Gasteiger partial charge in [0.2, 0.25) is 0 Å². The molecule has 0 heterocycles. The van der Waals surface area contributed by atoms with Crippen molar-refractivity contribution in [1.82, 2.24) is 0 Å². The summed E-state index contributed by atoms with van der Waals surface area (Å²) in [5, 5.41) is 0. The Morgan fingerprint density at radius 3 is 2.63 bits per heavy atom. The summed E-state index contributed by atoms with van der Waals surface area (Å²) in [6.07, 6.45) is 2.57. The van der Waals surface area contributed by atoms with E-state index in [0.29, 0.717) is 17.2 Å². The summed E-state index contributed by atoms with van der Waals surface area (Å²) in [5.41, 5.74) is 1.33. The first-order valence-electron chi connectivity index (χ1n) is 6.30. The molecule has 1 saturated carbocycles. The standard InChI is InChI=1S/C16H13BrO2/c17-15-7-2-1-6-14(15)16(18)11-4-3-5-13(10-11)19-12-8-9-12/h1-7,10,12H,8-9H2. The third-order valence-corrected chi connectivity index (χ3v) is 3.73. The lowest BCUT2D eigenvalue weighted by atomic mass is 10.0. The van der Waals surface area contributed by atoms with Crippen molar-refractivity contribution in [1.29, 1.82) is 0 Å². The fraction of sp³-hybridized carbons (Fsp3) is 0.188. The molecule has 0 aromatic heterocycles. The molecule has 0 amide bonds. The van der Waals surface area contributed by atoms with Crippen LogP contribution in [0.4, 0.5) is 0 Å². The van der Waals surface area contributed by atoms with Crippen molar-refractivity contribution < 1.29 is 9.53 Å². The number of rotatable bonds is 4. The first-order chi connectivity index (χ1) is 9.24. The second kappa shape index (κ2) is 5.17. The Kier molecular flexibility index (Phi) is 3.38. The van der Waals surface area contributed by atoms with E-state index in [-0.39, 0.29) is 5.78 Å². The highest BCUT2D eigenvalue weighted by Gasteiger charge is 2.23. The molecule has 3 heteroatoms. The monoisotopic (exact) mass is 316 g/mol. The predicted octanol–water partition coefficient (Wildman–Crippen LogP) is 4.22. The third-order valence-electron chi connectivity index (χ3n) is 3.04. The Bertz CT molecular complexity index is 618. The molecule has 1 aliphatic carbocycles. The Hall–Kier alpha value is -1.61. The van der Waals surface area contributed by atoms with Crippen LogP contribution in [0.1, 0.15) is 28.8 Å². The summed E-state index contributed by atoms with van der Waals surface area (Å²) >= 11 is 3.41. The fourth-order valence-corrected chi connectivity index (χ4v) is 2.35. The Morgan fingerprint density at radius 2 is 1.89 bits per heavy atom. The SMILES string of the molecule is O=C(c1cccc(OC2CC2)c1)c1ccccc1Br. The van der Waals surface area contributed by atoms with E-state index in [2.05, 4.69) is 15.9 Å². The quantitative estimate of drug-likeness (QED) is 0.789. The molecule has 2 aromatic carbocycles. The number of ether oxygens (including phenoxy) is 1. The van der Waals surface area contributed by atoms with E-state index in [0.717, 1.165) is 23.1 Å². The molecule has 1 aliphatic rings. The van der Waals surface area contributed by atoms with Crippen molar-refractivity contribution in [2.24, 2.45) is 0 Å². The Labute approximate surface area is 120 Å². The minimum atomic E-state index is 0.00808. The van der Waals surface area contributed by atoms with Crippen LogP contribution in [0.5, 0.6) is 5.75 Å². The molecule has 2 nitrogen and oxygen atoms in total. The van der Waals surface area contributed by atoms with Crippen LogP contribution in [-0.4, -0.2) is 11.9 Å². The van der Waals surface area contributed by atoms with Crippen molar-refractivity contribution in [2.45, 2.75) is 18.9 Å². The molecule has 3 rings (SSSR count). The lowest BCUT2D eigenvalue weighted by molar-refractivity contribution is 0.103. The van der Waals surface area contributed by atoms with Gasteiger partial charge >= 0.3 is 0 Å². The molecule has 0 atom stereocenters. The first-order valence-corrected chi connectivity index (χ1v) is 7.09. The molecule has 0 N–H and O–H groups in total. The molecule has 0 unspecified atom stereocenters. The summed E-state index contributed by atoms with van der Waals surface area (Å²) in [7, 11) is 0. The molecule has 0 bridgehead atoms. The first kappa shape index (κ1) is 12.4. The van der Waals surface area contributed by atoms with Crippen molar-refractivity contribution >= 4 is 21.7 Å². The van der Waals surface area contributed by atoms with Gasteiger partial charge in [-0.3, -0.25) is 4.79 Å². The molecular formula is C16H13BrO2. The van der Waals surface area contributed by atoms with Crippen molar-refractivity contribution in [3.8, 4) is 5.75 Å². The Balaban J connectivity index is 1.88. The normalized spacial score (nSPS) is 14.2. The maximum absolute atomic E-state index is 12.4. The number of benzene rings is 2. The van der Waals surface area contributed by atoms with Gasteiger partial charge in [0, 0.05) is 15.6 Å². The van der Waals surface area contributed by atoms with Gasteiger partial charge in [-0.25, -0.2) is 0 Å². The number of hydrogen-bond acceptors (Lipinski definition) is 2. The van der Waals surface area contributed by atoms with E-state index in [1.165, 1.54) is 0 Å². The molecule has 2 aromatic rings. The molecular weight excluding hydrogens is 304 g/mol. The maximum Gasteiger partial charge on any atom is 0.194 e. The minimum Gasteiger partial charge on any atom is -0.490 e. The second-order valence-corrected chi connectivity index (χ2v) is 5.51. The van der Waals surface area contributed by atoms with Crippen LogP contribution in [0.25, 0.3) is 0 Å². The number of carbonyl (C=O) groups is 1. The lowest BCUT2D eigenvalue weighted by Crippen LogP contribution is -2.03. The summed E-state index contributed by atoms with van der Waals surface area (Å²) in [6.45, 7) is 0. The fourth-order valence-electron chi connectivity index (χ4n) is 1.89. The zero-order valence-corrected chi connectivity index (χ0v) is 11.9. The van der Waals surface area contributed by atoms with Gasteiger partial charge in [-0.2, -0.15) is 0 Å². The number of halogens is 1. The highest BCUT2D eigenvalue weighted by Crippen LogP contribution is 2.28. The summed E-state index contributed by atoms with van der Waals surface area (Å²) < 4.78 is 6.53. The van der Waals surface area contributed by atoms with Crippen LogP contribution in [0.3, 0.4) is 0 Å².